The Bertz CT molecular complexity index is 2290. The van der Waals surface area contributed by atoms with Gasteiger partial charge in [0.2, 0.25) is 29.6 Å². The number of esters is 1. The summed E-state index contributed by atoms with van der Waals surface area (Å²) >= 11 is 0. The Hall–Kier alpha value is -5.62. The van der Waals surface area contributed by atoms with Crippen LogP contribution in [0.3, 0.4) is 0 Å². The summed E-state index contributed by atoms with van der Waals surface area (Å²) in [5, 5.41) is 13.5. The van der Waals surface area contributed by atoms with Gasteiger partial charge < -0.3 is 30.1 Å². The van der Waals surface area contributed by atoms with Crippen molar-refractivity contribution < 1.29 is 28.7 Å². The maximum Gasteiger partial charge on any atom is 0.343 e. The molecule has 0 spiro atoms. The van der Waals surface area contributed by atoms with Crippen LogP contribution in [0.2, 0.25) is 0 Å². The van der Waals surface area contributed by atoms with Crippen molar-refractivity contribution in [3.05, 3.63) is 53.5 Å². The Balaban J connectivity index is 0.658. The van der Waals surface area contributed by atoms with E-state index in [1.165, 1.54) is 5.69 Å². The number of aromatic nitrogens is 4. The standard InChI is InChI=1S/C51H72N12O6/c1-4-69-50(68)45-34(2)53-51(55-40-32-52-58(3)33-40)57-46(45)54-39-9-13-42(14-10-39)61-27-29-63(30-28-61)49(67)38-6-5-37(31-38)48(66)62-21-18-35(19-22-62)17-20-59-23-25-60(26-24-59)41-11-7-36(8-12-41)43-15-16-44(64)56-47(43)65/h7-8,11-12,32-33,35,37-39,42-43H,4-6,9-10,13-31H2,1-3H3,(H,56,64,65)(H2,53,54,55,57)/t37?,38-,39?,42?,43?/m0/s1. The molecule has 3 aromatic rings. The van der Waals surface area contributed by atoms with Gasteiger partial charge in [0.05, 0.1) is 30.1 Å². The highest BCUT2D eigenvalue weighted by Gasteiger charge is 2.40. The Labute approximate surface area is 406 Å². The number of ether oxygens (including phenoxy) is 1. The van der Waals surface area contributed by atoms with Crippen LogP contribution in [-0.4, -0.2) is 160 Å². The lowest BCUT2D eigenvalue weighted by atomic mass is 9.89. The van der Waals surface area contributed by atoms with Crippen LogP contribution in [0, 0.1) is 24.7 Å². The van der Waals surface area contributed by atoms with E-state index in [0.29, 0.717) is 54.2 Å². The van der Waals surface area contributed by atoms with Crippen molar-refractivity contribution in [3.63, 3.8) is 0 Å². The monoisotopic (exact) mass is 949 g/mol. The second kappa shape index (κ2) is 22.0. The van der Waals surface area contributed by atoms with Crippen LogP contribution in [0.4, 0.5) is 23.1 Å². The summed E-state index contributed by atoms with van der Waals surface area (Å²) in [5.74, 6) is 0.807. The van der Waals surface area contributed by atoms with Crippen LogP contribution in [0.5, 0.6) is 0 Å². The van der Waals surface area contributed by atoms with Gasteiger partial charge >= 0.3 is 5.97 Å². The molecule has 6 fully saturated rings. The zero-order valence-corrected chi connectivity index (χ0v) is 40.9. The van der Waals surface area contributed by atoms with Gasteiger partial charge in [0.25, 0.3) is 0 Å². The third kappa shape index (κ3) is 11.7. The fourth-order valence-corrected chi connectivity index (χ4v) is 11.8. The molecule has 18 nitrogen and oxygen atoms in total. The van der Waals surface area contributed by atoms with Gasteiger partial charge in [0.1, 0.15) is 11.4 Å². The van der Waals surface area contributed by atoms with Crippen LogP contribution in [-0.2, 0) is 31.0 Å². The highest BCUT2D eigenvalue weighted by molar-refractivity contribution is 6.01. The van der Waals surface area contributed by atoms with Gasteiger partial charge in [-0.05, 0) is 115 Å². The Morgan fingerprint density at radius 3 is 2.12 bits per heavy atom. The molecule has 372 valence electrons. The minimum Gasteiger partial charge on any atom is -0.462 e. The normalized spacial score (nSPS) is 25.4. The van der Waals surface area contributed by atoms with Gasteiger partial charge in [-0.15, -0.1) is 0 Å². The van der Waals surface area contributed by atoms with Crippen LogP contribution >= 0.6 is 0 Å². The molecule has 0 bridgehead atoms. The Kier molecular flexibility index (Phi) is 15.4. The van der Waals surface area contributed by atoms with Crippen molar-refractivity contribution in [3.8, 4) is 0 Å². The molecule has 2 aliphatic carbocycles. The highest BCUT2D eigenvalue weighted by Crippen LogP contribution is 2.36. The third-order valence-electron chi connectivity index (χ3n) is 15.9. The average Bonchev–Trinajstić information content (AvgIpc) is 4.03. The van der Waals surface area contributed by atoms with Crippen LogP contribution < -0.4 is 20.9 Å². The van der Waals surface area contributed by atoms with E-state index in [1.807, 2.05) is 25.4 Å². The van der Waals surface area contributed by atoms with Gasteiger partial charge in [0.15, 0.2) is 0 Å². The number of aryl methyl sites for hydroxylation is 2. The number of imide groups is 1. The van der Waals surface area contributed by atoms with E-state index in [0.717, 1.165) is 141 Å². The van der Waals surface area contributed by atoms with E-state index < -0.39 is 5.97 Å². The molecular formula is C51H72N12O6. The second-order valence-electron chi connectivity index (χ2n) is 20.3. The van der Waals surface area contributed by atoms with E-state index in [-0.39, 0.29) is 54.0 Å². The number of nitrogens with one attached hydrogen (secondary N) is 3. The molecule has 2 unspecified atom stereocenters. The van der Waals surface area contributed by atoms with E-state index in [9.17, 15) is 24.0 Å². The van der Waals surface area contributed by atoms with Crippen molar-refractivity contribution in [2.45, 2.75) is 109 Å². The SMILES string of the molecule is CCOC(=O)c1c(C)nc(Nc2cnn(C)c2)nc1NC1CCC(N2CCN(C(=O)[C@H]3CCC(C(=O)N4CCC(CCN5CCN(c6ccc(C7CCC(=O)NC7=O)cc6)CC5)CC4)C3)CC2)CC1. The smallest absolute Gasteiger partial charge is 0.343 e. The van der Waals surface area contributed by atoms with Crippen molar-refractivity contribution in [2.24, 2.45) is 24.8 Å². The number of piperazine rings is 2. The number of likely N-dealkylation sites (tertiary alicyclic amines) is 1. The predicted octanol–water partition coefficient (Wildman–Crippen LogP) is 4.69. The summed E-state index contributed by atoms with van der Waals surface area (Å²) in [5.41, 5.74) is 3.80. The molecule has 4 amide bonds. The molecule has 0 radical (unpaired) electrons. The number of hydrogen-bond acceptors (Lipinski definition) is 14. The van der Waals surface area contributed by atoms with Crippen molar-refractivity contribution in [1.82, 2.24) is 44.7 Å². The molecule has 2 saturated carbocycles. The van der Waals surface area contributed by atoms with Crippen molar-refractivity contribution >= 4 is 52.7 Å². The van der Waals surface area contributed by atoms with Crippen LogP contribution in [0.1, 0.15) is 112 Å². The maximum absolute atomic E-state index is 13.8. The quantitative estimate of drug-likeness (QED) is 0.149. The van der Waals surface area contributed by atoms with Gasteiger partial charge in [-0.3, -0.25) is 39.0 Å². The lowest BCUT2D eigenvalue weighted by Crippen LogP contribution is -2.54. The van der Waals surface area contributed by atoms with Gasteiger partial charge in [-0.1, -0.05) is 12.1 Å². The fourth-order valence-electron chi connectivity index (χ4n) is 11.8. The third-order valence-corrected chi connectivity index (χ3v) is 15.9. The van der Waals surface area contributed by atoms with E-state index in [1.54, 1.807) is 24.7 Å². The lowest BCUT2D eigenvalue weighted by Gasteiger charge is -2.42. The molecule has 4 aliphatic heterocycles. The molecule has 3 N–H and O–H groups in total. The number of carbonyl (C=O) groups excluding carboxylic acids is 5. The summed E-state index contributed by atoms with van der Waals surface area (Å²) in [4.78, 5) is 85.5. The fraction of sp³-hybridized carbons (Fsp3) is 0.647. The number of rotatable bonds is 14. The molecule has 6 aliphatic rings. The molecule has 4 saturated heterocycles. The van der Waals surface area contributed by atoms with E-state index in [4.69, 9.17) is 9.72 Å². The molecule has 18 heteroatoms. The summed E-state index contributed by atoms with van der Waals surface area (Å²) in [6.45, 7) is 13.7. The number of nitrogens with zero attached hydrogens (tertiary/aromatic N) is 9. The maximum atomic E-state index is 13.8. The van der Waals surface area contributed by atoms with Crippen molar-refractivity contribution in [1.29, 1.82) is 0 Å². The lowest BCUT2D eigenvalue weighted by molar-refractivity contribution is -0.139. The van der Waals surface area contributed by atoms with Gasteiger partial charge in [0, 0.05) is 115 Å². The van der Waals surface area contributed by atoms with E-state index in [2.05, 4.69) is 62.7 Å². The Morgan fingerprint density at radius 2 is 1.48 bits per heavy atom. The first-order valence-electron chi connectivity index (χ1n) is 25.8. The first-order valence-corrected chi connectivity index (χ1v) is 25.8. The number of amides is 4. The topological polar surface area (TPSA) is 190 Å². The first kappa shape index (κ1) is 48.4. The highest BCUT2D eigenvalue weighted by atomic mass is 16.5. The number of anilines is 4. The zero-order chi connectivity index (χ0) is 48.0. The summed E-state index contributed by atoms with van der Waals surface area (Å²) in [7, 11) is 1.84. The van der Waals surface area contributed by atoms with Crippen molar-refractivity contribution in [2.75, 3.05) is 94.1 Å². The minimum atomic E-state index is -0.437. The number of benzene rings is 1. The second-order valence-corrected chi connectivity index (χ2v) is 20.3. The van der Waals surface area contributed by atoms with Gasteiger partial charge in [-0.25, -0.2) is 9.78 Å². The number of hydrogen-bond donors (Lipinski definition) is 3. The van der Waals surface area contributed by atoms with E-state index >= 15 is 0 Å². The molecule has 6 heterocycles. The molecule has 1 aromatic carbocycles. The largest absolute Gasteiger partial charge is 0.462 e. The summed E-state index contributed by atoms with van der Waals surface area (Å²) in [6.07, 6.45) is 13.9. The van der Waals surface area contributed by atoms with Crippen LogP contribution in [0.25, 0.3) is 0 Å². The van der Waals surface area contributed by atoms with Crippen LogP contribution in [0.15, 0.2) is 36.7 Å². The predicted molar refractivity (Wildman–Crippen MR) is 262 cm³/mol. The molecule has 2 aromatic heterocycles. The number of piperidine rings is 2. The summed E-state index contributed by atoms with van der Waals surface area (Å²) < 4.78 is 7.08. The molecule has 69 heavy (non-hydrogen) atoms. The first-order chi connectivity index (χ1) is 33.5. The number of carbonyl (C=O) groups is 5. The molecular weight excluding hydrogens is 877 g/mol. The minimum absolute atomic E-state index is 0.0471. The summed E-state index contributed by atoms with van der Waals surface area (Å²) in [6, 6.07) is 8.88. The zero-order valence-electron chi connectivity index (χ0n) is 40.9. The molecule has 9 rings (SSSR count). The molecule has 3 atom stereocenters. The van der Waals surface area contributed by atoms with Gasteiger partial charge in [-0.2, -0.15) is 10.1 Å². The Morgan fingerprint density at radius 1 is 0.797 bits per heavy atom. The average molecular weight is 949 g/mol.